The molecule has 0 saturated heterocycles. The molecule has 1 aromatic carbocycles. The van der Waals surface area contributed by atoms with E-state index in [1.807, 2.05) is 6.07 Å². The maximum atomic E-state index is 6.09. The Bertz CT molecular complexity index is 528. The van der Waals surface area contributed by atoms with Crippen LogP contribution < -0.4 is 15.8 Å². The maximum absolute atomic E-state index is 6.09. The van der Waals surface area contributed by atoms with Gasteiger partial charge in [0.2, 0.25) is 0 Å². The molecular formula is C16H24ClN3O2. The number of nitrogens with zero attached hydrogens (tertiary/aromatic N) is 1. The molecule has 1 aliphatic carbocycles. The van der Waals surface area contributed by atoms with Crippen LogP contribution in [0, 0.1) is 0 Å². The molecule has 1 fully saturated rings. The molecule has 0 bridgehead atoms. The van der Waals surface area contributed by atoms with E-state index < -0.39 is 0 Å². The molecule has 0 aliphatic heterocycles. The van der Waals surface area contributed by atoms with Crippen LogP contribution in [-0.2, 0) is 4.74 Å². The number of anilines is 1. The van der Waals surface area contributed by atoms with E-state index in [1.165, 1.54) is 19.3 Å². The van der Waals surface area contributed by atoms with Crippen LogP contribution >= 0.6 is 11.6 Å². The Hall–Kier alpha value is -1.46. The van der Waals surface area contributed by atoms with E-state index in [4.69, 9.17) is 26.8 Å². The molecule has 6 heteroatoms. The molecule has 5 nitrogen and oxygen atoms in total. The third-order valence-corrected chi connectivity index (χ3v) is 4.45. The second kappa shape index (κ2) is 7.70. The van der Waals surface area contributed by atoms with E-state index in [-0.39, 0.29) is 5.60 Å². The van der Waals surface area contributed by atoms with Gasteiger partial charge in [0, 0.05) is 12.8 Å². The van der Waals surface area contributed by atoms with Gasteiger partial charge in [-0.15, -0.1) is 0 Å². The summed E-state index contributed by atoms with van der Waals surface area (Å²) in [4.78, 5) is 4.44. The monoisotopic (exact) mass is 325 g/mol. The molecule has 0 heterocycles. The standard InChI is InChI=1S/C16H24ClN3O2/c1-21-14-7-6-12(10-13(14)17)20-15(18)19-11-16(22-2)8-4-3-5-9-16/h6-7,10H,3-5,8-9,11H2,1-2H3,(H3,18,19,20). The zero-order chi connectivity index (χ0) is 16.0. The highest BCUT2D eigenvalue weighted by molar-refractivity contribution is 6.32. The molecule has 1 aromatic rings. The molecule has 122 valence electrons. The number of rotatable bonds is 5. The number of halogens is 1. The first-order valence-electron chi connectivity index (χ1n) is 7.54. The quantitative estimate of drug-likeness (QED) is 0.643. The summed E-state index contributed by atoms with van der Waals surface area (Å²) in [5.41, 5.74) is 6.58. The van der Waals surface area contributed by atoms with E-state index in [1.54, 1.807) is 26.4 Å². The van der Waals surface area contributed by atoms with Crippen molar-refractivity contribution in [3.05, 3.63) is 23.2 Å². The first kappa shape index (κ1) is 16.9. The van der Waals surface area contributed by atoms with Crippen molar-refractivity contribution >= 4 is 23.2 Å². The van der Waals surface area contributed by atoms with Gasteiger partial charge in [0.05, 0.1) is 24.3 Å². The van der Waals surface area contributed by atoms with Gasteiger partial charge in [-0.3, -0.25) is 4.99 Å². The number of guanidine groups is 1. The zero-order valence-electron chi connectivity index (χ0n) is 13.2. The smallest absolute Gasteiger partial charge is 0.193 e. The van der Waals surface area contributed by atoms with Gasteiger partial charge in [0.25, 0.3) is 0 Å². The Balaban J connectivity index is 1.98. The van der Waals surface area contributed by atoms with Gasteiger partial charge in [0.15, 0.2) is 5.96 Å². The van der Waals surface area contributed by atoms with Crippen molar-refractivity contribution < 1.29 is 9.47 Å². The predicted molar refractivity (Wildman–Crippen MR) is 90.9 cm³/mol. The normalized spacial score (nSPS) is 18.0. The van der Waals surface area contributed by atoms with E-state index in [0.717, 1.165) is 18.5 Å². The number of nitrogens with two attached hydrogens (primary N) is 1. The molecule has 0 amide bonds. The Labute approximate surface area is 136 Å². The largest absolute Gasteiger partial charge is 0.495 e. The van der Waals surface area contributed by atoms with Crippen LogP contribution in [0.1, 0.15) is 32.1 Å². The Morgan fingerprint density at radius 2 is 2.05 bits per heavy atom. The van der Waals surface area contributed by atoms with Gasteiger partial charge in [-0.1, -0.05) is 30.9 Å². The molecule has 0 spiro atoms. The molecule has 0 atom stereocenters. The fourth-order valence-electron chi connectivity index (χ4n) is 2.78. The number of hydrogen-bond acceptors (Lipinski definition) is 3. The summed E-state index contributed by atoms with van der Waals surface area (Å²) in [6.45, 7) is 0.576. The lowest BCUT2D eigenvalue weighted by molar-refractivity contribution is -0.0308. The molecule has 1 aliphatic rings. The van der Waals surface area contributed by atoms with Gasteiger partial charge in [-0.2, -0.15) is 0 Å². The average Bonchev–Trinajstić information content (AvgIpc) is 2.54. The van der Waals surface area contributed by atoms with Crippen molar-refractivity contribution in [1.29, 1.82) is 0 Å². The summed E-state index contributed by atoms with van der Waals surface area (Å²) in [6.07, 6.45) is 5.71. The van der Waals surface area contributed by atoms with Crippen molar-refractivity contribution in [2.45, 2.75) is 37.7 Å². The van der Waals surface area contributed by atoms with Crippen LogP contribution in [-0.4, -0.2) is 32.3 Å². The van der Waals surface area contributed by atoms with Crippen LogP contribution in [0.25, 0.3) is 0 Å². The van der Waals surface area contributed by atoms with Crippen LogP contribution in [0.2, 0.25) is 5.02 Å². The first-order valence-corrected chi connectivity index (χ1v) is 7.92. The maximum Gasteiger partial charge on any atom is 0.193 e. The Morgan fingerprint density at radius 3 is 2.64 bits per heavy atom. The van der Waals surface area contributed by atoms with Gasteiger partial charge in [-0.25, -0.2) is 0 Å². The highest BCUT2D eigenvalue weighted by Gasteiger charge is 2.31. The second-order valence-electron chi connectivity index (χ2n) is 5.62. The zero-order valence-corrected chi connectivity index (χ0v) is 13.9. The van der Waals surface area contributed by atoms with Gasteiger partial charge in [-0.05, 0) is 31.0 Å². The minimum absolute atomic E-state index is 0.165. The topological polar surface area (TPSA) is 68.9 Å². The van der Waals surface area contributed by atoms with E-state index in [0.29, 0.717) is 23.3 Å². The average molecular weight is 326 g/mol. The number of benzene rings is 1. The lowest BCUT2D eigenvalue weighted by atomic mass is 9.85. The number of ether oxygens (including phenoxy) is 2. The lowest BCUT2D eigenvalue weighted by Crippen LogP contribution is -2.38. The molecule has 1 saturated carbocycles. The molecule has 22 heavy (non-hydrogen) atoms. The van der Waals surface area contributed by atoms with E-state index in [2.05, 4.69) is 10.3 Å². The Morgan fingerprint density at radius 1 is 1.32 bits per heavy atom. The van der Waals surface area contributed by atoms with Gasteiger partial charge >= 0.3 is 0 Å². The molecular weight excluding hydrogens is 302 g/mol. The van der Waals surface area contributed by atoms with Crippen molar-refractivity contribution in [3.8, 4) is 5.75 Å². The fourth-order valence-corrected chi connectivity index (χ4v) is 3.04. The third kappa shape index (κ3) is 4.27. The van der Waals surface area contributed by atoms with Gasteiger partial charge in [0.1, 0.15) is 5.75 Å². The molecule has 0 radical (unpaired) electrons. The lowest BCUT2D eigenvalue weighted by Gasteiger charge is -2.34. The van der Waals surface area contributed by atoms with E-state index in [9.17, 15) is 0 Å². The molecule has 3 N–H and O–H groups in total. The summed E-state index contributed by atoms with van der Waals surface area (Å²) < 4.78 is 10.8. The summed E-state index contributed by atoms with van der Waals surface area (Å²) in [5, 5.41) is 3.58. The third-order valence-electron chi connectivity index (χ3n) is 4.16. The first-order chi connectivity index (χ1) is 10.6. The summed E-state index contributed by atoms with van der Waals surface area (Å²) in [6, 6.07) is 5.39. The minimum Gasteiger partial charge on any atom is -0.495 e. The molecule has 0 aromatic heterocycles. The molecule has 2 rings (SSSR count). The SMILES string of the molecule is COc1ccc(NC(N)=NCC2(OC)CCCCC2)cc1Cl. The number of nitrogens with one attached hydrogen (secondary N) is 1. The van der Waals surface area contributed by atoms with Crippen LogP contribution in [0.4, 0.5) is 5.69 Å². The van der Waals surface area contributed by atoms with Crippen LogP contribution in [0.15, 0.2) is 23.2 Å². The van der Waals surface area contributed by atoms with Crippen LogP contribution in [0.3, 0.4) is 0 Å². The Kier molecular flexibility index (Phi) is 5.91. The van der Waals surface area contributed by atoms with E-state index >= 15 is 0 Å². The highest BCUT2D eigenvalue weighted by atomic mass is 35.5. The van der Waals surface area contributed by atoms with Crippen molar-refractivity contribution in [1.82, 2.24) is 0 Å². The van der Waals surface area contributed by atoms with Crippen molar-refractivity contribution in [2.24, 2.45) is 10.7 Å². The number of methoxy groups -OCH3 is 2. The molecule has 0 unspecified atom stereocenters. The summed E-state index contributed by atoms with van der Waals surface area (Å²) >= 11 is 6.09. The number of aliphatic imine (C=N–C) groups is 1. The second-order valence-corrected chi connectivity index (χ2v) is 6.03. The minimum atomic E-state index is -0.165. The summed E-state index contributed by atoms with van der Waals surface area (Å²) in [5.74, 6) is 0.992. The van der Waals surface area contributed by atoms with Gasteiger partial charge < -0.3 is 20.5 Å². The number of hydrogen-bond donors (Lipinski definition) is 2. The highest BCUT2D eigenvalue weighted by Crippen LogP contribution is 2.31. The van der Waals surface area contributed by atoms with Crippen molar-refractivity contribution in [2.75, 3.05) is 26.1 Å². The van der Waals surface area contributed by atoms with Crippen LogP contribution in [0.5, 0.6) is 5.75 Å². The summed E-state index contributed by atoms with van der Waals surface area (Å²) in [7, 11) is 3.34. The predicted octanol–water partition coefficient (Wildman–Crippen LogP) is 3.42. The fraction of sp³-hybridized carbons (Fsp3) is 0.562. The van der Waals surface area contributed by atoms with Crippen molar-refractivity contribution in [3.63, 3.8) is 0 Å².